The van der Waals surface area contributed by atoms with Crippen molar-refractivity contribution in [2.45, 2.75) is 31.6 Å². The number of carbonyl (C=O) groups is 2. The van der Waals surface area contributed by atoms with Crippen LogP contribution in [0.1, 0.15) is 47.5 Å². The normalized spacial score (nSPS) is 19.9. The van der Waals surface area contributed by atoms with Crippen LogP contribution in [0.2, 0.25) is 0 Å². The summed E-state index contributed by atoms with van der Waals surface area (Å²) in [4.78, 5) is 25.6. The van der Waals surface area contributed by atoms with Crippen LogP contribution in [0.15, 0.2) is 31.1 Å². The topological polar surface area (TPSA) is 92.7 Å². The van der Waals surface area contributed by atoms with Crippen LogP contribution >= 0.6 is 0 Å². The Hall–Kier alpha value is -2.83. The second kappa shape index (κ2) is 7.06. The summed E-state index contributed by atoms with van der Waals surface area (Å²) in [6.45, 7) is 5.71. The number of piperidine rings is 1. The first-order chi connectivity index (χ1) is 13.1. The van der Waals surface area contributed by atoms with Gasteiger partial charge in [0.25, 0.3) is 5.91 Å². The highest BCUT2D eigenvalue weighted by Crippen LogP contribution is 2.41. The van der Waals surface area contributed by atoms with E-state index < -0.39 is 5.91 Å². The Morgan fingerprint density at radius 1 is 1.37 bits per heavy atom. The molecule has 0 aromatic carbocycles. The monoisotopic (exact) mass is 367 g/mol. The maximum atomic E-state index is 11.9. The van der Waals surface area contributed by atoms with Crippen molar-refractivity contribution in [2.75, 3.05) is 25.0 Å². The number of amides is 2. The molecule has 1 aliphatic heterocycles. The molecule has 2 aliphatic rings. The van der Waals surface area contributed by atoms with E-state index in [0.29, 0.717) is 30.5 Å². The van der Waals surface area contributed by atoms with Crippen LogP contribution < -0.4 is 11.1 Å². The van der Waals surface area contributed by atoms with E-state index in [9.17, 15) is 9.59 Å². The van der Waals surface area contributed by atoms with Crippen molar-refractivity contribution in [3.63, 3.8) is 0 Å². The molecule has 2 fully saturated rings. The average molecular weight is 367 g/mol. The van der Waals surface area contributed by atoms with Gasteiger partial charge >= 0.3 is 0 Å². The second-order valence-corrected chi connectivity index (χ2v) is 7.55. The van der Waals surface area contributed by atoms with Gasteiger partial charge in [-0.05, 0) is 55.2 Å². The number of rotatable bonds is 6. The minimum atomic E-state index is -0.492. The third-order valence-electron chi connectivity index (χ3n) is 5.55. The lowest BCUT2D eigenvalue weighted by molar-refractivity contribution is -0.127. The lowest BCUT2D eigenvalue weighted by Crippen LogP contribution is -2.41. The van der Waals surface area contributed by atoms with Gasteiger partial charge in [-0.3, -0.25) is 9.59 Å². The van der Waals surface area contributed by atoms with E-state index in [1.165, 1.54) is 30.7 Å². The van der Waals surface area contributed by atoms with Crippen molar-refractivity contribution in [3.05, 3.63) is 42.2 Å². The van der Waals surface area contributed by atoms with Crippen LogP contribution in [0.4, 0.5) is 5.69 Å². The summed E-state index contributed by atoms with van der Waals surface area (Å²) in [6, 6.07) is 2.11. The van der Waals surface area contributed by atoms with Gasteiger partial charge in [0.2, 0.25) is 5.91 Å². The fraction of sp³-hybridized carbons (Fsp3) is 0.450. The Balaban J connectivity index is 1.56. The minimum absolute atomic E-state index is 0.0236. The summed E-state index contributed by atoms with van der Waals surface area (Å²) in [6.07, 6.45) is 9.35. The minimum Gasteiger partial charge on any atom is -0.382 e. The Labute approximate surface area is 158 Å². The predicted molar refractivity (Wildman–Crippen MR) is 104 cm³/mol. The van der Waals surface area contributed by atoms with Crippen LogP contribution in [-0.4, -0.2) is 46.0 Å². The molecule has 142 valence electrons. The van der Waals surface area contributed by atoms with E-state index in [1.54, 1.807) is 0 Å². The van der Waals surface area contributed by atoms with Gasteiger partial charge in [-0.25, -0.2) is 4.52 Å². The molecule has 27 heavy (non-hydrogen) atoms. The van der Waals surface area contributed by atoms with E-state index in [1.807, 2.05) is 15.6 Å². The van der Waals surface area contributed by atoms with Crippen LogP contribution in [-0.2, 0) is 4.79 Å². The van der Waals surface area contributed by atoms with Crippen LogP contribution in [0.3, 0.4) is 0 Å². The van der Waals surface area contributed by atoms with E-state index in [0.717, 1.165) is 30.6 Å². The Kier molecular flexibility index (Phi) is 4.59. The molecule has 1 atom stereocenters. The molecule has 7 nitrogen and oxygen atoms in total. The van der Waals surface area contributed by atoms with E-state index >= 15 is 0 Å². The molecule has 3 heterocycles. The highest BCUT2D eigenvalue weighted by atomic mass is 16.2. The van der Waals surface area contributed by atoms with E-state index in [2.05, 4.69) is 23.1 Å². The fourth-order valence-electron chi connectivity index (χ4n) is 3.90. The third kappa shape index (κ3) is 3.54. The first kappa shape index (κ1) is 17.6. The molecule has 3 N–H and O–H groups in total. The van der Waals surface area contributed by atoms with Gasteiger partial charge in [0, 0.05) is 25.8 Å². The Morgan fingerprint density at radius 3 is 2.89 bits per heavy atom. The molecule has 0 bridgehead atoms. The van der Waals surface area contributed by atoms with Crippen molar-refractivity contribution in [3.8, 4) is 0 Å². The fourth-order valence-corrected chi connectivity index (χ4v) is 3.90. The highest BCUT2D eigenvalue weighted by Gasteiger charge is 2.27. The van der Waals surface area contributed by atoms with E-state index in [-0.39, 0.29) is 5.91 Å². The first-order valence-electron chi connectivity index (χ1n) is 9.53. The number of nitrogens with one attached hydrogen (secondary N) is 1. The largest absolute Gasteiger partial charge is 0.382 e. The number of nitrogens with zero attached hydrogens (tertiary/aromatic N) is 3. The lowest BCUT2D eigenvalue weighted by atomic mass is 9.97. The molecule has 1 unspecified atom stereocenters. The van der Waals surface area contributed by atoms with Crippen molar-refractivity contribution in [1.29, 1.82) is 0 Å². The van der Waals surface area contributed by atoms with Crippen molar-refractivity contribution in [2.24, 2.45) is 11.7 Å². The summed E-state index contributed by atoms with van der Waals surface area (Å²) < 4.78 is 1.82. The van der Waals surface area contributed by atoms with Crippen molar-refractivity contribution in [1.82, 2.24) is 14.5 Å². The molecule has 2 aromatic rings. The highest BCUT2D eigenvalue weighted by molar-refractivity contribution is 6.01. The zero-order valence-electron chi connectivity index (χ0n) is 15.4. The summed E-state index contributed by atoms with van der Waals surface area (Å²) in [5, 5.41) is 7.78. The number of fused-ring (bicyclic) bond motifs is 1. The number of carbonyl (C=O) groups excluding carboxylic acids is 2. The number of anilines is 1. The number of hydrogen-bond donors (Lipinski definition) is 2. The lowest BCUT2D eigenvalue weighted by Gasteiger charge is -2.32. The summed E-state index contributed by atoms with van der Waals surface area (Å²) in [5.41, 5.74) is 8.85. The molecule has 2 aromatic heterocycles. The summed E-state index contributed by atoms with van der Waals surface area (Å²) in [7, 11) is 0. The van der Waals surface area contributed by atoms with Gasteiger partial charge in [-0.2, -0.15) is 5.10 Å². The number of likely N-dealkylation sites (tertiary alicyclic amines) is 1. The first-order valence-corrected chi connectivity index (χ1v) is 9.53. The molecule has 1 aliphatic carbocycles. The van der Waals surface area contributed by atoms with E-state index in [4.69, 9.17) is 5.73 Å². The van der Waals surface area contributed by atoms with Crippen LogP contribution in [0.5, 0.6) is 0 Å². The zero-order valence-corrected chi connectivity index (χ0v) is 15.4. The molecule has 0 spiro atoms. The smallest absolute Gasteiger partial charge is 0.252 e. The van der Waals surface area contributed by atoms with Crippen molar-refractivity contribution >= 4 is 23.0 Å². The van der Waals surface area contributed by atoms with Crippen LogP contribution in [0, 0.1) is 5.92 Å². The van der Waals surface area contributed by atoms with Gasteiger partial charge in [0.05, 0.1) is 23.0 Å². The molecule has 2 amide bonds. The van der Waals surface area contributed by atoms with Crippen molar-refractivity contribution < 1.29 is 9.59 Å². The quantitative estimate of drug-likeness (QED) is 0.765. The Bertz CT molecular complexity index is 899. The molecular weight excluding hydrogens is 342 g/mol. The molecule has 4 rings (SSSR count). The SMILES string of the molecule is C=CC(=O)N1CCCC(CNc2c(C(N)=O)cnn3cc(C4CC4)cc23)C1. The summed E-state index contributed by atoms with van der Waals surface area (Å²) >= 11 is 0. The number of nitrogens with two attached hydrogens (primary N) is 1. The maximum Gasteiger partial charge on any atom is 0.252 e. The second-order valence-electron chi connectivity index (χ2n) is 7.55. The summed E-state index contributed by atoms with van der Waals surface area (Å²) in [5.74, 6) is 0.404. The molecular formula is C20H25N5O2. The molecule has 1 saturated heterocycles. The molecule has 0 radical (unpaired) electrons. The molecule has 1 saturated carbocycles. The number of aromatic nitrogens is 2. The third-order valence-corrected chi connectivity index (χ3v) is 5.55. The van der Waals surface area contributed by atoms with Gasteiger partial charge in [0.1, 0.15) is 0 Å². The zero-order chi connectivity index (χ0) is 19.0. The number of hydrogen-bond acceptors (Lipinski definition) is 4. The Morgan fingerprint density at radius 2 is 2.19 bits per heavy atom. The van der Waals surface area contributed by atoms with Gasteiger partial charge < -0.3 is 16.0 Å². The van der Waals surface area contributed by atoms with Crippen LogP contribution in [0.25, 0.3) is 5.52 Å². The maximum absolute atomic E-state index is 11.9. The van der Waals surface area contributed by atoms with Gasteiger partial charge in [0.15, 0.2) is 0 Å². The van der Waals surface area contributed by atoms with Gasteiger partial charge in [-0.1, -0.05) is 6.58 Å². The molecule has 7 heteroatoms. The average Bonchev–Trinajstić information content (AvgIpc) is 3.44. The standard InChI is InChI=1S/C20H25N5O2/c1-2-18(26)24-7-3-4-13(11-24)9-22-19-16(20(21)27)10-23-25-12-15(8-17(19)25)14-5-6-14/h2,8,10,12-14,22H,1,3-7,9,11H2,(H2,21,27). The number of primary amides is 1. The predicted octanol–water partition coefficient (Wildman–Crippen LogP) is 2.15. The van der Waals surface area contributed by atoms with Gasteiger partial charge in [-0.15, -0.1) is 0 Å².